The molecule has 4 aliphatic heterocycles. The highest BCUT2D eigenvalue weighted by atomic mass is 16.6. The molecule has 2 N–H and O–H groups in total. The number of nitrogens with zero attached hydrogens (tertiary/aromatic N) is 5. The zero-order chi connectivity index (χ0) is 44.5. The maximum Gasteiger partial charge on any atom is 0.324 e. The van der Waals surface area contributed by atoms with Gasteiger partial charge in [0.25, 0.3) is 0 Å². The topological polar surface area (TPSA) is 147 Å². The van der Waals surface area contributed by atoms with Crippen LogP contribution in [0.4, 0.5) is 11.6 Å². The molecule has 1 spiro atoms. The van der Waals surface area contributed by atoms with Crippen molar-refractivity contribution in [2.75, 3.05) is 56.7 Å². The predicted octanol–water partition coefficient (Wildman–Crippen LogP) is 5.88. The fraction of sp³-hybridized carbons (Fsp3) is 0.250. The van der Waals surface area contributed by atoms with Crippen LogP contribution in [0.2, 0.25) is 0 Å². The van der Waals surface area contributed by atoms with Crippen LogP contribution in [0.3, 0.4) is 0 Å². The number of amides is 2. The summed E-state index contributed by atoms with van der Waals surface area (Å²) < 4.78 is 17.8. The molecule has 326 valence electrons. The van der Waals surface area contributed by atoms with Crippen molar-refractivity contribution < 1.29 is 33.7 Å². The number of aliphatic hydroxyl groups excluding tert-OH is 1. The Morgan fingerprint density at radius 3 is 2.09 bits per heavy atom. The molecule has 10 rings (SSSR count). The van der Waals surface area contributed by atoms with E-state index in [0.717, 1.165) is 16.7 Å². The molecule has 5 heterocycles. The zero-order valence-electron chi connectivity index (χ0n) is 35.6. The highest BCUT2D eigenvalue weighted by molar-refractivity contribution is 6.12. The average Bonchev–Trinajstić information content (AvgIpc) is 3.84. The Balaban J connectivity index is 1.18. The van der Waals surface area contributed by atoms with E-state index in [4.69, 9.17) is 14.2 Å². The molecule has 5 aromatic carbocycles. The van der Waals surface area contributed by atoms with Crippen LogP contribution in [-0.2, 0) is 24.5 Å². The van der Waals surface area contributed by atoms with Crippen molar-refractivity contribution in [3.8, 4) is 23.3 Å². The molecule has 13 nitrogen and oxygen atoms in total. The maximum atomic E-state index is 15.9. The van der Waals surface area contributed by atoms with Crippen LogP contribution in [0.15, 0.2) is 146 Å². The number of piperazine rings is 1. The second-order valence-electron chi connectivity index (χ2n) is 16.5. The Hall–Kier alpha value is -7.53. The van der Waals surface area contributed by atoms with Gasteiger partial charge in [-0.3, -0.25) is 19.3 Å². The van der Waals surface area contributed by atoms with Crippen LogP contribution in [0.1, 0.15) is 51.6 Å². The number of esters is 1. The first-order chi connectivity index (χ1) is 31.9. The lowest BCUT2D eigenvalue weighted by Crippen LogP contribution is -2.58. The predicted molar refractivity (Wildman–Crippen MR) is 242 cm³/mol. The molecule has 0 saturated carbocycles. The van der Waals surface area contributed by atoms with E-state index in [-0.39, 0.29) is 19.1 Å². The Kier molecular flexibility index (Phi) is 11.2. The second kappa shape index (κ2) is 17.6. The van der Waals surface area contributed by atoms with E-state index < -0.39 is 47.4 Å². The van der Waals surface area contributed by atoms with Crippen LogP contribution >= 0.6 is 0 Å². The quantitative estimate of drug-likeness (QED) is 0.133. The summed E-state index contributed by atoms with van der Waals surface area (Å²) in [6, 6.07) is 38.8. The average molecular weight is 867 g/mol. The number of aliphatic hydroxyl groups is 1. The molecule has 65 heavy (non-hydrogen) atoms. The molecule has 1 aromatic heterocycles. The number of aromatic nitrogens is 2. The summed E-state index contributed by atoms with van der Waals surface area (Å²) in [6.45, 7) is 1.44. The summed E-state index contributed by atoms with van der Waals surface area (Å²) in [5.41, 5.74) is 3.12. The molecule has 0 radical (unpaired) electrons. The summed E-state index contributed by atoms with van der Waals surface area (Å²) in [4.78, 5) is 61.7. The van der Waals surface area contributed by atoms with Gasteiger partial charge in [-0.25, -0.2) is 9.97 Å². The van der Waals surface area contributed by atoms with Crippen LogP contribution < -0.4 is 19.7 Å². The van der Waals surface area contributed by atoms with Crippen molar-refractivity contribution >= 4 is 29.4 Å². The minimum Gasteiger partial charge on any atom is -0.497 e. The number of methoxy groups -OCH3 is 1. The minimum absolute atomic E-state index is 0.0952. The number of ether oxygens (including phenoxy) is 3. The smallest absolute Gasteiger partial charge is 0.324 e. The molecular formula is C52H46N6O7. The lowest BCUT2D eigenvalue weighted by Gasteiger charge is -2.46. The number of hydrogen-bond acceptors (Lipinski definition) is 11. The van der Waals surface area contributed by atoms with Crippen molar-refractivity contribution in [1.29, 1.82) is 0 Å². The Bertz CT molecular complexity index is 2760. The van der Waals surface area contributed by atoms with Crippen LogP contribution in [0.5, 0.6) is 11.5 Å². The summed E-state index contributed by atoms with van der Waals surface area (Å²) in [5.74, 6) is 5.78. The largest absolute Gasteiger partial charge is 0.497 e. The fourth-order valence-electron chi connectivity index (χ4n) is 10.2. The summed E-state index contributed by atoms with van der Waals surface area (Å²) in [6.07, 6.45) is 2.58. The van der Waals surface area contributed by atoms with Crippen LogP contribution in [0.25, 0.3) is 0 Å². The number of nitrogens with one attached hydrogen (secondary N) is 1. The van der Waals surface area contributed by atoms with Crippen molar-refractivity contribution in [2.45, 2.75) is 29.6 Å². The van der Waals surface area contributed by atoms with E-state index in [9.17, 15) is 5.11 Å². The van der Waals surface area contributed by atoms with Crippen molar-refractivity contribution in [3.63, 3.8) is 0 Å². The SMILES string of the molecule is COc1ccc(C#Cc2ccc3c(c2)C2(C(=O)N3)C(C(=O)N3CCN(c4ncccn4)CC3)C3C(=O)OC(c4ccccc4)C(c4ccccc4)N3C2c2ccc(OCCO)cc2)cc1. The van der Waals surface area contributed by atoms with Gasteiger partial charge in [0.15, 0.2) is 0 Å². The first kappa shape index (κ1) is 41.5. The molecule has 6 aromatic rings. The number of cyclic esters (lactones) is 1. The number of morpholine rings is 1. The Morgan fingerprint density at radius 1 is 0.769 bits per heavy atom. The summed E-state index contributed by atoms with van der Waals surface area (Å²) in [5, 5.41) is 12.7. The van der Waals surface area contributed by atoms with E-state index in [1.165, 1.54) is 0 Å². The van der Waals surface area contributed by atoms with Crippen molar-refractivity contribution in [2.24, 2.45) is 5.92 Å². The number of anilines is 2. The van der Waals surface area contributed by atoms with Gasteiger partial charge >= 0.3 is 5.97 Å². The van der Waals surface area contributed by atoms with Crippen LogP contribution in [-0.4, -0.2) is 95.2 Å². The third-order valence-corrected chi connectivity index (χ3v) is 13.0. The fourth-order valence-corrected chi connectivity index (χ4v) is 10.2. The minimum atomic E-state index is -1.68. The summed E-state index contributed by atoms with van der Waals surface area (Å²) in [7, 11) is 1.61. The van der Waals surface area contributed by atoms with Gasteiger partial charge in [-0.2, -0.15) is 0 Å². The Morgan fingerprint density at radius 2 is 1.42 bits per heavy atom. The van der Waals surface area contributed by atoms with Gasteiger partial charge in [0.05, 0.1) is 31.7 Å². The van der Waals surface area contributed by atoms with Gasteiger partial charge in [-0.15, -0.1) is 0 Å². The maximum absolute atomic E-state index is 15.9. The normalized spacial score (nSPS) is 23.4. The molecule has 2 amide bonds. The molecule has 6 unspecified atom stereocenters. The third kappa shape index (κ3) is 7.40. The number of carbonyl (C=O) groups is 3. The van der Waals surface area contributed by atoms with Crippen molar-refractivity contribution in [3.05, 3.63) is 179 Å². The number of carbonyl (C=O) groups excluding carboxylic acids is 3. The molecule has 4 aliphatic rings. The molecule has 3 fully saturated rings. The lowest BCUT2D eigenvalue weighted by atomic mass is 9.65. The lowest BCUT2D eigenvalue weighted by molar-refractivity contribution is -0.179. The van der Waals surface area contributed by atoms with Gasteiger partial charge < -0.3 is 34.4 Å². The van der Waals surface area contributed by atoms with Gasteiger partial charge in [0.2, 0.25) is 17.8 Å². The van der Waals surface area contributed by atoms with E-state index in [2.05, 4.69) is 32.0 Å². The molecule has 3 saturated heterocycles. The standard InChI is InChI=1S/C52H46N6O7/c1-63-39-20-15-34(16-21-39)13-14-35-17-24-42-41(33-35)52(50(62)55-42)43(48(60)56-27-29-57(30-28-56)51-53-25-8-26-54-51)45-49(61)65-46(37-11-6-3-7-12-37)44(36-9-4-2-5-10-36)58(45)47(52)38-18-22-40(23-19-38)64-32-31-59/h2-12,15-26,33,43-47,59H,27-32H2,1H3,(H,55,62). The number of rotatable bonds is 9. The van der Waals surface area contributed by atoms with Gasteiger partial charge in [-0.05, 0) is 82.9 Å². The first-order valence-corrected chi connectivity index (χ1v) is 21.7. The van der Waals surface area contributed by atoms with E-state index >= 15 is 14.4 Å². The number of fused-ring (bicyclic) bond motifs is 3. The van der Waals surface area contributed by atoms with E-state index in [1.54, 1.807) is 42.6 Å². The van der Waals surface area contributed by atoms with Crippen LogP contribution in [0, 0.1) is 17.8 Å². The number of benzene rings is 5. The molecule has 0 bridgehead atoms. The number of hydrogen-bond donors (Lipinski definition) is 2. The van der Waals surface area contributed by atoms with E-state index in [1.807, 2.05) is 120 Å². The van der Waals surface area contributed by atoms with Gasteiger partial charge in [-0.1, -0.05) is 84.6 Å². The zero-order valence-corrected chi connectivity index (χ0v) is 35.6. The Labute approximate surface area is 376 Å². The second-order valence-corrected chi connectivity index (χ2v) is 16.5. The molecule has 0 aliphatic carbocycles. The van der Waals surface area contributed by atoms with Gasteiger partial charge in [0, 0.05) is 55.4 Å². The molecule has 6 atom stereocenters. The first-order valence-electron chi connectivity index (χ1n) is 21.7. The highest BCUT2D eigenvalue weighted by Crippen LogP contribution is 2.65. The monoisotopic (exact) mass is 866 g/mol. The third-order valence-electron chi connectivity index (χ3n) is 13.0. The summed E-state index contributed by atoms with van der Waals surface area (Å²) >= 11 is 0. The molecule has 13 heteroatoms. The molecular weight excluding hydrogens is 821 g/mol. The van der Waals surface area contributed by atoms with Crippen molar-refractivity contribution in [1.82, 2.24) is 19.8 Å². The van der Waals surface area contributed by atoms with Gasteiger partial charge in [0.1, 0.15) is 35.7 Å². The van der Waals surface area contributed by atoms with E-state index in [0.29, 0.717) is 66.0 Å². The highest BCUT2D eigenvalue weighted by Gasteiger charge is 2.74.